The molecule has 2 aliphatic rings. The molecule has 0 aliphatic carbocycles. The molecule has 178 valence electrons. The van der Waals surface area contributed by atoms with E-state index in [4.69, 9.17) is 11.6 Å². The summed E-state index contributed by atoms with van der Waals surface area (Å²) in [6.07, 6.45) is 4.88. The van der Waals surface area contributed by atoms with E-state index in [1.165, 1.54) is 10.5 Å². The first-order valence-electron chi connectivity index (χ1n) is 11.5. The monoisotopic (exact) mass is 497 g/mol. The van der Waals surface area contributed by atoms with Gasteiger partial charge in [-0.25, -0.2) is 0 Å². The number of nitrogens with zero attached hydrogens (tertiary/aromatic N) is 2. The van der Waals surface area contributed by atoms with Crippen molar-refractivity contribution < 1.29 is 14.4 Å². The molecular weight excluding hydrogens is 470 g/mol. The number of rotatable bonds is 8. The molecule has 0 spiro atoms. The van der Waals surface area contributed by atoms with Crippen molar-refractivity contribution in [2.45, 2.75) is 19.3 Å². The smallest absolute Gasteiger partial charge is 0.293 e. The molecule has 2 heterocycles. The van der Waals surface area contributed by atoms with Gasteiger partial charge in [0.05, 0.1) is 11.4 Å². The molecule has 8 heteroatoms. The Hall–Kier alpha value is -2.61. The minimum Gasteiger partial charge on any atom is -0.353 e. The van der Waals surface area contributed by atoms with Gasteiger partial charge in [-0.1, -0.05) is 60.1 Å². The van der Waals surface area contributed by atoms with Crippen molar-refractivity contribution in [3.63, 3.8) is 0 Å². The van der Waals surface area contributed by atoms with Crippen molar-refractivity contribution in [2.24, 2.45) is 5.92 Å². The summed E-state index contributed by atoms with van der Waals surface area (Å²) in [5.74, 6) is 0.212. The number of halogens is 1. The molecule has 0 bridgehead atoms. The third-order valence-corrected chi connectivity index (χ3v) is 7.42. The Balaban J connectivity index is 1.18. The van der Waals surface area contributed by atoms with Gasteiger partial charge in [0.2, 0.25) is 5.91 Å². The number of piperidine rings is 1. The van der Waals surface area contributed by atoms with Gasteiger partial charge in [-0.15, -0.1) is 0 Å². The largest absolute Gasteiger partial charge is 0.353 e. The fourth-order valence-corrected chi connectivity index (χ4v) is 5.33. The molecule has 2 saturated heterocycles. The predicted molar refractivity (Wildman–Crippen MR) is 136 cm³/mol. The molecule has 2 aromatic carbocycles. The summed E-state index contributed by atoms with van der Waals surface area (Å²) in [6.45, 7) is 2.53. The first kappa shape index (κ1) is 24.5. The topological polar surface area (TPSA) is 69.7 Å². The van der Waals surface area contributed by atoms with Gasteiger partial charge in [0.25, 0.3) is 11.1 Å². The maximum Gasteiger partial charge on any atom is 0.293 e. The van der Waals surface area contributed by atoms with E-state index in [1.54, 1.807) is 24.3 Å². The summed E-state index contributed by atoms with van der Waals surface area (Å²) < 4.78 is 0. The van der Waals surface area contributed by atoms with Gasteiger partial charge in [-0.2, -0.15) is 0 Å². The van der Waals surface area contributed by atoms with Crippen LogP contribution in [0.2, 0.25) is 5.02 Å². The zero-order valence-electron chi connectivity index (χ0n) is 18.9. The highest BCUT2D eigenvalue weighted by Crippen LogP contribution is 2.33. The van der Waals surface area contributed by atoms with Crippen molar-refractivity contribution in [3.05, 3.63) is 75.7 Å². The zero-order chi connectivity index (χ0) is 23.9. The van der Waals surface area contributed by atoms with Gasteiger partial charge in [0, 0.05) is 18.1 Å². The average Bonchev–Trinajstić information content (AvgIpc) is 3.10. The zero-order valence-corrected chi connectivity index (χ0v) is 20.5. The standard InChI is InChI=1S/C26H28ClN3O3S/c27-22-9-5-4-8-21(22)17-23-25(32)30(26(33)34-23)15-12-28-24(31)18-29-13-10-20(11-14-29)16-19-6-2-1-3-7-19/h1-9,17,20H,10-16,18H2,(H,28,31)/b23-17+. The fraction of sp³-hybridized carbons (Fsp3) is 0.346. The predicted octanol–water partition coefficient (Wildman–Crippen LogP) is 4.45. The van der Waals surface area contributed by atoms with E-state index in [-0.39, 0.29) is 30.1 Å². The van der Waals surface area contributed by atoms with Crippen molar-refractivity contribution in [1.82, 2.24) is 15.1 Å². The number of hydrogen-bond donors (Lipinski definition) is 1. The van der Waals surface area contributed by atoms with Crippen LogP contribution < -0.4 is 5.32 Å². The lowest BCUT2D eigenvalue weighted by Crippen LogP contribution is -2.44. The molecule has 2 aromatic rings. The molecule has 2 aliphatic heterocycles. The highest BCUT2D eigenvalue weighted by atomic mass is 35.5. The molecule has 2 fully saturated rings. The van der Waals surface area contributed by atoms with Gasteiger partial charge in [-0.3, -0.25) is 24.2 Å². The third kappa shape index (κ3) is 6.50. The van der Waals surface area contributed by atoms with Crippen molar-refractivity contribution in [3.8, 4) is 0 Å². The van der Waals surface area contributed by atoms with Crippen LogP contribution >= 0.6 is 23.4 Å². The van der Waals surface area contributed by atoms with Crippen LogP contribution in [0.3, 0.4) is 0 Å². The number of amides is 3. The highest BCUT2D eigenvalue weighted by molar-refractivity contribution is 8.18. The Morgan fingerprint density at radius 1 is 1.06 bits per heavy atom. The van der Waals surface area contributed by atoms with E-state index in [2.05, 4.69) is 34.5 Å². The third-order valence-electron chi connectivity index (χ3n) is 6.16. The van der Waals surface area contributed by atoms with Gasteiger partial charge in [0.1, 0.15) is 0 Å². The Bertz CT molecular complexity index is 1070. The van der Waals surface area contributed by atoms with Crippen LogP contribution in [0, 0.1) is 5.92 Å². The molecule has 1 N–H and O–H groups in total. The Labute approximate surface area is 209 Å². The maximum absolute atomic E-state index is 12.6. The molecule has 0 saturated carbocycles. The van der Waals surface area contributed by atoms with Crippen LogP contribution in [-0.2, 0) is 16.0 Å². The Morgan fingerprint density at radius 2 is 1.76 bits per heavy atom. The lowest BCUT2D eigenvalue weighted by atomic mass is 9.90. The molecule has 6 nitrogen and oxygen atoms in total. The quantitative estimate of drug-likeness (QED) is 0.546. The van der Waals surface area contributed by atoms with Crippen LogP contribution in [0.1, 0.15) is 24.0 Å². The van der Waals surface area contributed by atoms with Crippen LogP contribution in [0.25, 0.3) is 6.08 Å². The summed E-state index contributed by atoms with van der Waals surface area (Å²) in [5.41, 5.74) is 2.06. The number of likely N-dealkylation sites (tertiary alicyclic amines) is 1. The number of hydrogen-bond acceptors (Lipinski definition) is 5. The summed E-state index contributed by atoms with van der Waals surface area (Å²) >= 11 is 7.04. The first-order valence-corrected chi connectivity index (χ1v) is 12.7. The summed E-state index contributed by atoms with van der Waals surface area (Å²) in [7, 11) is 0. The van der Waals surface area contributed by atoms with Crippen LogP contribution in [0.5, 0.6) is 0 Å². The second kappa shape index (κ2) is 11.7. The van der Waals surface area contributed by atoms with E-state index in [0.717, 1.165) is 44.1 Å². The van der Waals surface area contributed by atoms with Gasteiger partial charge < -0.3 is 5.32 Å². The second-order valence-corrected chi connectivity index (χ2v) is 10.0. The SMILES string of the molecule is O=C(CN1CCC(Cc2ccccc2)CC1)NCCN1C(=O)S/C(=C/c2ccccc2Cl)C1=O. The van der Waals surface area contributed by atoms with E-state index < -0.39 is 0 Å². The van der Waals surface area contributed by atoms with Crippen LogP contribution in [0.4, 0.5) is 4.79 Å². The molecule has 0 radical (unpaired) electrons. The Morgan fingerprint density at radius 3 is 2.50 bits per heavy atom. The Kier molecular flexibility index (Phi) is 8.43. The van der Waals surface area contributed by atoms with Crippen LogP contribution in [-0.4, -0.2) is 59.6 Å². The molecule has 34 heavy (non-hydrogen) atoms. The number of nitrogens with one attached hydrogen (secondary N) is 1. The molecule has 0 atom stereocenters. The van der Waals surface area contributed by atoms with E-state index in [9.17, 15) is 14.4 Å². The average molecular weight is 498 g/mol. The normalized spacial score (nSPS) is 18.6. The summed E-state index contributed by atoms with van der Waals surface area (Å²) in [4.78, 5) is 41.0. The van der Waals surface area contributed by atoms with E-state index in [0.29, 0.717) is 28.0 Å². The lowest BCUT2D eigenvalue weighted by Gasteiger charge is -2.31. The number of carbonyl (C=O) groups is 3. The molecule has 0 unspecified atom stereocenters. The lowest BCUT2D eigenvalue weighted by molar-refractivity contribution is -0.125. The van der Waals surface area contributed by atoms with Gasteiger partial charge in [0.15, 0.2) is 0 Å². The number of imide groups is 1. The van der Waals surface area contributed by atoms with Crippen LogP contribution in [0.15, 0.2) is 59.5 Å². The highest BCUT2D eigenvalue weighted by Gasteiger charge is 2.34. The van der Waals surface area contributed by atoms with E-state index >= 15 is 0 Å². The first-order chi connectivity index (χ1) is 16.5. The minimum atomic E-state index is -0.357. The van der Waals surface area contributed by atoms with E-state index in [1.807, 2.05) is 12.1 Å². The van der Waals surface area contributed by atoms with Crippen molar-refractivity contribution in [2.75, 3.05) is 32.7 Å². The van der Waals surface area contributed by atoms with Crippen molar-refractivity contribution >= 4 is 46.5 Å². The number of carbonyl (C=O) groups excluding carboxylic acids is 3. The van der Waals surface area contributed by atoms with Crippen molar-refractivity contribution in [1.29, 1.82) is 0 Å². The number of thioether (sulfide) groups is 1. The molecular formula is C26H28ClN3O3S. The van der Waals surface area contributed by atoms with Gasteiger partial charge >= 0.3 is 0 Å². The minimum absolute atomic E-state index is 0.0832. The summed E-state index contributed by atoms with van der Waals surface area (Å²) in [5, 5.41) is 3.03. The fourth-order valence-electron chi connectivity index (χ4n) is 4.29. The number of benzene rings is 2. The molecule has 0 aromatic heterocycles. The van der Waals surface area contributed by atoms with Gasteiger partial charge in [-0.05, 0) is 73.3 Å². The second-order valence-electron chi connectivity index (χ2n) is 8.61. The summed E-state index contributed by atoms with van der Waals surface area (Å²) in [6, 6.07) is 17.7. The molecule has 4 rings (SSSR count). The maximum atomic E-state index is 12.6. The molecule has 3 amide bonds.